The normalized spacial score (nSPS) is 10.2. The van der Waals surface area contributed by atoms with Crippen LogP contribution in [-0.2, 0) is 0 Å². The molecule has 2 aromatic rings. The van der Waals surface area contributed by atoms with Crippen LogP contribution in [0.5, 0.6) is 0 Å². The van der Waals surface area contributed by atoms with E-state index in [0.717, 1.165) is 14.6 Å². The van der Waals surface area contributed by atoms with Crippen molar-refractivity contribution in [3.8, 4) is 6.07 Å². The van der Waals surface area contributed by atoms with E-state index in [1.54, 1.807) is 0 Å². The molecule has 0 saturated carbocycles. The number of hydrogen-bond donors (Lipinski definition) is 0. The van der Waals surface area contributed by atoms with Gasteiger partial charge in [-0.3, -0.25) is 0 Å². The van der Waals surface area contributed by atoms with Gasteiger partial charge in [-0.2, -0.15) is 5.26 Å². The van der Waals surface area contributed by atoms with Crippen LogP contribution in [0.15, 0.2) is 22.0 Å². The first-order chi connectivity index (χ1) is 6.22. The summed E-state index contributed by atoms with van der Waals surface area (Å²) in [5, 5.41) is 11.4. The highest BCUT2D eigenvalue weighted by atomic mass is 79.9. The van der Waals surface area contributed by atoms with E-state index < -0.39 is 0 Å². The Kier molecular flexibility index (Phi) is 2.06. The second kappa shape index (κ2) is 3.09. The molecule has 0 aliphatic heterocycles. The number of thiophene rings is 1. The molecule has 1 aromatic heterocycles. The summed E-state index contributed by atoms with van der Waals surface area (Å²) in [5.41, 5.74) is 0.394. The molecule has 0 atom stereocenters. The van der Waals surface area contributed by atoms with E-state index in [9.17, 15) is 4.39 Å². The summed E-state index contributed by atoms with van der Waals surface area (Å²) in [6.07, 6.45) is 0. The van der Waals surface area contributed by atoms with Gasteiger partial charge in [0.05, 0.1) is 10.3 Å². The lowest BCUT2D eigenvalue weighted by atomic mass is 10.2. The van der Waals surface area contributed by atoms with Gasteiger partial charge >= 0.3 is 0 Å². The van der Waals surface area contributed by atoms with Crippen molar-refractivity contribution in [2.75, 3.05) is 0 Å². The maximum Gasteiger partial charge on any atom is 0.125 e. The fourth-order valence-corrected chi connectivity index (χ4v) is 2.76. The third-order valence-electron chi connectivity index (χ3n) is 1.71. The molecule has 0 radical (unpaired) electrons. The minimum atomic E-state index is -0.372. The molecule has 0 aliphatic rings. The first-order valence-electron chi connectivity index (χ1n) is 3.48. The van der Waals surface area contributed by atoms with E-state index >= 15 is 0 Å². The molecule has 0 aliphatic carbocycles. The van der Waals surface area contributed by atoms with E-state index in [2.05, 4.69) is 15.9 Å². The predicted octanol–water partition coefficient (Wildman–Crippen LogP) is 3.67. The Morgan fingerprint density at radius 1 is 1.46 bits per heavy atom. The number of fused-ring (bicyclic) bond motifs is 1. The van der Waals surface area contributed by atoms with Crippen molar-refractivity contribution in [2.24, 2.45) is 0 Å². The highest BCUT2D eigenvalue weighted by molar-refractivity contribution is 9.10. The molecule has 0 N–H and O–H groups in total. The first-order valence-corrected chi connectivity index (χ1v) is 5.16. The maximum absolute atomic E-state index is 13.0. The summed E-state index contributed by atoms with van der Waals surface area (Å²) in [7, 11) is 0. The lowest BCUT2D eigenvalue weighted by Crippen LogP contribution is -1.78. The topological polar surface area (TPSA) is 23.8 Å². The van der Waals surface area contributed by atoms with Crippen LogP contribution in [0.25, 0.3) is 10.1 Å². The van der Waals surface area contributed by atoms with Crippen molar-refractivity contribution in [1.29, 1.82) is 5.26 Å². The molecule has 1 aromatic carbocycles. The van der Waals surface area contributed by atoms with Crippen LogP contribution in [0.2, 0.25) is 0 Å². The molecular formula is C9H3BrFNS. The van der Waals surface area contributed by atoms with Crippen molar-refractivity contribution in [1.82, 2.24) is 0 Å². The predicted molar refractivity (Wildman–Crippen MR) is 54.2 cm³/mol. The maximum atomic E-state index is 13.0. The molecule has 0 saturated heterocycles. The fourth-order valence-electron chi connectivity index (χ4n) is 1.16. The Morgan fingerprint density at radius 2 is 2.23 bits per heavy atom. The number of benzene rings is 1. The average molecular weight is 256 g/mol. The quantitative estimate of drug-likeness (QED) is 0.705. The summed E-state index contributed by atoms with van der Waals surface area (Å²) in [6.45, 7) is 0. The average Bonchev–Trinajstić information content (AvgIpc) is 2.47. The van der Waals surface area contributed by atoms with Crippen molar-refractivity contribution in [3.05, 3.63) is 33.4 Å². The molecule has 0 amide bonds. The zero-order valence-electron chi connectivity index (χ0n) is 6.34. The van der Waals surface area contributed by atoms with Crippen molar-refractivity contribution >= 4 is 37.4 Å². The van der Waals surface area contributed by atoms with E-state index in [1.165, 1.54) is 23.5 Å². The Morgan fingerprint density at radius 3 is 2.92 bits per heavy atom. The number of nitriles is 1. The van der Waals surface area contributed by atoms with Crippen LogP contribution in [-0.4, -0.2) is 0 Å². The van der Waals surface area contributed by atoms with Gasteiger partial charge in [-0.05, 0) is 28.1 Å². The first kappa shape index (κ1) is 8.67. The Balaban J connectivity index is 2.94. The Bertz CT molecular complexity index is 512. The van der Waals surface area contributed by atoms with Gasteiger partial charge in [0.2, 0.25) is 0 Å². The Hall–Kier alpha value is -0.920. The van der Waals surface area contributed by atoms with Crippen LogP contribution in [0, 0.1) is 17.1 Å². The van der Waals surface area contributed by atoms with E-state index in [4.69, 9.17) is 5.26 Å². The number of nitrogens with zero attached hydrogens (tertiary/aromatic N) is 1. The summed E-state index contributed by atoms with van der Waals surface area (Å²) in [6, 6.07) is 4.66. The van der Waals surface area contributed by atoms with Crippen LogP contribution >= 0.6 is 27.3 Å². The molecule has 0 bridgehead atoms. The highest BCUT2D eigenvalue weighted by Gasteiger charge is 2.08. The van der Waals surface area contributed by atoms with Crippen molar-refractivity contribution < 1.29 is 4.39 Å². The van der Waals surface area contributed by atoms with Gasteiger partial charge in [-0.25, -0.2) is 4.39 Å². The molecule has 13 heavy (non-hydrogen) atoms. The summed E-state index contributed by atoms with van der Waals surface area (Å²) >= 11 is 4.74. The zero-order chi connectivity index (χ0) is 9.42. The van der Waals surface area contributed by atoms with Crippen molar-refractivity contribution in [3.63, 3.8) is 0 Å². The lowest BCUT2D eigenvalue weighted by molar-refractivity contribution is 0.629. The summed E-state index contributed by atoms with van der Waals surface area (Å²) < 4.78 is 14.6. The lowest BCUT2D eigenvalue weighted by Gasteiger charge is -1.94. The summed E-state index contributed by atoms with van der Waals surface area (Å²) in [4.78, 5) is 0. The van der Waals surface area contributed by atoms with Gasteiger partial charge < -0.3 is 0 Å². The van der Waals surface area contributed by atoms with E-state index in [1.807, 2.05) is 11.4 Å². The SMILES string of the molecule is N#Cc1cc(F)cc2c(Br)csc12. The molecular weight excluding hydrogens is 253 g/mol. The van der Waals surface area contributed by atoms with Gasteiger partial charge in [0.1, 0.15) is 11.9 Å². The van der Waals surface area contributed by atoms with Crippen LogP contribution < -0.4 is 0 Å². The van der Waals surface area contributed by atoms with Gasteiger partial charge in [-0.1, -0.05) is 0 Å². The molecule has 64 valence electrons. The third kappa shape index (κ3) is 1.34. The zero-order valence-corrected chi connectivity index (χ0v) is 8.75. The smallest absolute Gasteiger partial charge is 0.125 e. The second-order valence-corrected chi connectivity index (χ2v) is 4.26. The number of rotatable bonds is 0. The largest absolute Gasteiger partial charge is 0.207 e. The molecule has 0 fully saturated rings. The standard InChI is InChI=1S/C9H3BrFNS/c10-8-4-13-9-5(3-12)1-6(11)2-7(8)9/h1-2,4H. The molecule has 0 unspecified atom stereocenters. The molecule has 1 heterocycles. The van der Waals surface area contributed by atoms with Crippen LogP contribution in [0.1, 0.15) is 5.56 Å². The molecule has 0 spiro atoms. The monoisotopic (exact) mass is 255 g/mol. The van der Waals surface area contributed by atoms with Gasteiger partial charge in [0.15, 0.2) is 0 Å². The van der Waals surface area contributed by atoms with Crippen LogP contribution in [0.4, 0.5) is 4.39 Å². The second-order valence-electron chi connectivity index (χ2n) is 2.53. The number of hydrogen-bond acceptors (Lipinski definition) is 2. The van der Waals surface area contributed by atoms with E-state index in [0.29, 0.717) is 5.56 Å². The highest BCUT2D eigenvalue weighted by Crippen LogP contribution is 2.33. The molecule has 4 heteroatoms. The number of halogens is 2. The fraction of sp³-hybridized carbons (Fsp3) is 0. The van der Waals surface area contributed by atoms with E-state index in [-0.39, 0.29) is 5.82 Å². The minimum absolute atomic E-state index is 0.372. The van der Waals surface area contributed by atoms with Crippen molar-refractivity contribution in [2.45, 2.75) is 0 Å². The molecule has 1 nitrogen and oxygen atoms in total. The van der Waals surface area contributed by atoms with Crippen LogP contribution in [0.3, 0.4) is 0 Å². The van der Waals surface area contributed by atoms with Gasteiger partial charge in [0.25, 0.3) is 0 Å². The third-order valence-corrected chi connectivity index (χ3v) is 3.70. The van der Waals surface area contributed by atoms with Gasteiger partial charge in [-0.15, -0.1) is 11.3 Å². The molecule has 2 rings (SSSR count). The Labute approximate surface area is 86.5 Å². The summed E-state index contributed by atoms with van der Waals surface area (Å²) in [5.74, 6) is -0.372. The minimum Gasteiger partial charge on any atom is -0.207 e. The van der Waals surface area contributed by atoms with Gasteiger partial charge in [0, 0.05) is 15.2 Å².